The predicted octanol–water partition coefficient (Wildman–Crippen LogP) is 5.94. The summed E-state index contributed by atoms with van der Waals surface area (Å²) in [6, 6.07) is 21.9. The summed E-state index contributed by atoms with van der Waals surface area (Å²) >= 11 is 1.31. The van der Waals surface area contributed by atoms with Crippen LogP contribution in [0.3, 0.4) is 0 Å². The zero-order valence-corrected chi connectivity index (χ0v) is 19.4. The minimum Gasteiger partial charge on any atom is -0.437 e. The molecule has 2 amide bonds. The van der Waals surface area contributed by atoms with Crippen molar-refractivity contribution in [2.75, 3.05) is 10.6 Å². The van der Waals surface area contributed by atoms with Gasteiger partial charge in [-0.15, -0.1) is 0 Å². The highest BCUT2D eigenvalue weighted by Gasteiger charge is 2.16. The fourth-order valence-electron chi connectivity index (χ4n) is 3.13. The molecule has 7 nitrogen and oxygen atoms in total. The van der Waals surface area contributed by atoms with E-state index in [9.17, 15) is 9.59 Å². The van der Waals surface area contributed by atoms with Crippen molar-refractivity contribution >= 4 is 35.0 Å². The van der Waals surface area contributed by atoms with Gasteiger partial charge >= 0.3 is 0 Å². The van der Waals surface area contributed by atoms with Crippen LogP contribution in [0.4, 0.5) is 11.4 Å². The lowest BCUT2D eigenvalue weighted by molar-refractivity contribution is -0.114. The lowest BCUT2D eigenvalue weighted by Crippen LogP contribution is -2.13. The van der Waals surface area contributed by atoms with Crippen LogP contribution in [0.25, 0.3) is 0 Å². The van der Waals surface area contributed by atoms with Crippen molar-refractivity contribution in [3.8, 4) is 11.6 Å². The lowest BCUT2D eigenvalue weighted by Gasteiger charge is -2.12. The normalized spacial score (nSPS) is 10.4. The van der Waals surface area contributed by atoms with Gasteiger partial charge in [0.1, 0.15) is 5.75 Å². The van der Waals surface area contributed by atoms with E-state index in [0.29, 0.717) is 38.5 Å². The van der Waals surface area contributed by atoms with Gasteiger partial charge < -0.3 is 15.4 Å². The third kappa shape index (κ3) is 5.99. The molecular formula is C26H22N4O3S. The fourth-order valence-corrected chi connectivity index (χ4v) is 4.05. The van der Waals surface area contributed by atoms with Gasteiger partial charge in [0.05, 0.1) is 5.56 Å². The Labute approximate surface area is 201 Å². The van der Waals surface area contributed by atoms with Crippen molar-refractivity contribution in [3.05, 3.63) is 96.3 Å². The van der Waals surface area contributed by atoms with Crippen LogP contribution in [0.1, 0.15) is 22.8 Å². The molecule has 0 saturated carbocycles. The second-order valence-corrected chi connectivity index (χ2v) is 8.43. The quantitative estimate of drug-likeness (QED) is 0.347. The monoisotopic (exact) mass is 470 g/mol. The average molecular weight is 471 g/mol. The molecule has 0 radical (unpaired) electrons. The first-order chi connectivity index (χ1) is 16.5. The van der Waals surface area contributed by atoms with E-state index in [0.717, 1.165) is 5.56 Å². The maximum atomic E-state index is 13.0. The molecule has 0 aliphatic rings. The first kappa shape index (κ1) is 23.0. The van der Waals surface area contributed by atoms with Gasteiger partial charge in [0, 0.05) is 35.6 Å². The summed E-state index contributed by atoms with van der Waals surface area (Å²) in [6.07, 6.45) is 3.16. The highest BCUT2D eigenvalue weighted by Crippen LogP contribution is 2.36. The van der Waals surface area contributed by atoms with Crippen LogP contribution in [-0.2, 0) is 4.79 Å². The Morgan fingerprint density at radius 3 is 2.29 bits per heavy atom. The summed E-state index contributed by atoms with van der Waals surface area (Å²) in [5, 5.41) is 6.14. The van der Waals surface area contributed by atoms with Crippen LogP contribution in [0.2, 0.25) is 0 Å². The van der Waals surface area contributed by atoms with Gasteiger partial charge in [0.2, 0.25) is 5.91 Å². The van der Waals surface area contributed by atoms with Crippen LogP contribution in [-0.4, -0.2) is 21.8 Å². The summed E-state index contributed by atoms with van der Waals surface area (Å²) in [7, 11) is 0. The fraction of sp³-hybridized carbons (Fsp3) is 0.0769. The Balaban J connectivity index is 1.53. The molecule has 8 heteroatoms. The van der Waals surface area contributed by atoms with Gasteiger partial charge in [-0.2, -0.15) is 0 Å². The summed E-state index contributed by atoms with van der Waals surface area (Å²) < 4.78 is 5.97. The van der Waals surface area contributed by atoms with E-state index in [4.69, 9.17) is 4.74 Å². The molecule has 1 aromatic heterocycles. The van der Waals surface area contributed by atoms with E-state index < -0.39 is 0 Å². The largest absolute Gasteiger partial charge is 0.437 e. The molecule has 0 saturated heterocycles. The molecule has 0 spiro atoms. The summed E-state index contributed by atoms with van der Waals surface area (Å²) in [6.45, 7) is 3.43. The summed E-state index contributed by atoms with van der Waals surface area (Å²) in [5.74, 6) is 0.607. The van der Waals surface area contributed by atoms with E-state index >= 15 is 0 Å². The number of aryl methyl sites for hydroxylation is 1. The number of hydrogen-bond acceptors (Lipinski definition) is 6. The molecule has 2 N–H and O–H groups in total. The molecule has 34 heavy (non-hydrogen) atoms. The molecule has 0 atom stereocenters. The smallest absolute Gasteiger partial charge is 0.256 e. The topological polar surface area (TPSA) is 93.2 Å². The maximum absolute atomic E-state index is 13.0. The third-order valence-corrected chi connectivity index (χ3v) is 5.69. The highest BCUT2D eigenvalue weighted by atomic mass is 32.2. The number of carbonyl (C=O) groups is 2. The van der Waals surface area contributed by atoms with E-state index in [-0.39, 0.29) is 11.8 Å². The van der Waals surface area contributed by atoms with Gasteiger partial charge in [-0.3, -0.25) is 9.59 Å². The van der Waals surface area contributed by atoms with Crippen molar-refractivity contribution in [2.45, 2.75) is 23.8 Å². The Morgan fingerprint density at radius 1 is 0.853 bits per heavy atom. The van der Waals surface area contributed by atoms with Gasteiger partial charge in [-0.05, 0) is 61.0 Å². The number of benzene rings is 3. The third-order valence-electron chi connectivity index (χ3n) is 4.64. The number of amides is 2. The zero-order chi connectivity index (χ0) is 23.9. The summed E-state index contributed by atoms with van der Waals surface area (Å²) in [4.78, 5) is 33.7. The number of rotatable bonds is 7. The number of nitrogens with one attached hydrogen (secondary N) is 2. The number of carbonyl (C=O) groups excluding carboxylic acids is 2. The molecule has 0 aliphatic heterocycles. The maximum Gasteiger partial charge on any atom is 0.256 e. The SMILES string of the molecule is CC(=O)Nc1ccc(NC(=O)c2ccccc2Sc2nccnc2Oc2cccc(C)c2)cc1. The van der Waals surface area contributed by atoms with Gasteiger partial charge in [0.15, 0.2) is 5.03 Å². The second-order valence-electron chi connectivity index (χ2n) is 7.40. The van der Waals surface area contributed by atoms with Gasteiger partial charge in [-0.25, -0.2) is 9.97 Å². The van der Waals surface area contributed by atoms with Crippen molar-refractivity contribution in [3.63, 3.8) is 0 Å². The molecule has 0 aliphatic carbocycles. The first-order valence-corrected chi connectivity index (χ1v) is 11.3. The van der Waals surface area contributed by atoms with Gasteiger partial charge in [-0.1, -0.05) is 36.0 Å². The van der Waals surface area contributed by atoms with E-state index in [1.165, 1.54) is 18.7 Å². The average Bonchev–Trinajstić information content (AvgIpc) is 2.82. The Morgan fingerprint density at radius 2 is 1.56 bits per heavy atom. The molecule has 170 valence electrons. The number of ether oxygens (including phenoxy) is 1. The molecule has 4 aromatic rings. The van der Waals surface area contributed by atoms with Crippen LogP contribution >= 0.6 is 11.8 Å². The lowest BCUT2D eigenvalue weighted by atomic mass is 10.2. The Kier molecular flexibility index (Phi) is 7.19. The predicted molar refractivity (Wildman–Crippen MR) is 133 cm³/mol. The van der Waals surface area contributed by atoms with Crippen molar-refractivity contribution in [1.82, 2.24) is 9.97 Å². The molecule has 0 fully saturated rings. The Bertz CT molecular complexity index is 1330. The molecule has 3 aromatic carbocycles. The van der Waals surface area contributed by atoms with E-state index in [1.54, 1.807) is 48.8 Å². The van der Waals surface area contributed by atoms with E-state index in [1.807, 2.05) is 43.3 Å². The molecule has 4 rings (SSSR count). The minimum absolute atomic E-state index is 0.155. The van der Waals surface area contributed by atoms with Crippen LogP contribution in [0, 0.1) is 6.92 Å². The minimum atomic E-state index is -0.264. The van der Waals surface area contributed by atoms with Crippen molar-refractivity contribution in [1.29, 1.82) is 0 Å². The zero-order valence-electron chi connectivity index (χ0n) is 18.6. The summed E-state index contributed by atoms with van der Waals surface area (Å²) in [5.41, 5.74) is 2.83. The highest BCUT2D eigenvalue weighted by molar-refractivity contribution is 7.99. The second kappa shape index (κ2) is 10.6. The molecule has 0 unspecified atom stereocenters. The van der Waals surface area contributed by atoms with Crippen LogP contribution in [0.5, 0.6) is 11.6 Å². The number of anilines is 2. The number of aromatic nitrogens is 2. The standard InChI is InChI=1S/C26H22N4O3S/c1-17-6-5-7-21(16-17)33-25-26(28-15-14-27-25)34-23-9-4-3-8-22(23)24(32)30-20-12-10-19(11-13-20)29-18(2)31/h3-16H,1-2H3,(H,29,31)(H,30,32). The van der Waals surface area contributed by atoms with Gasteiger partial charge in [0.25, 0.3) is 11.8 Å². The Hall–Kier alpha value is -4.17. The van der Waals surface area contributed by atoms with Crippen LogP contribution < -0.4 is 15.4 Å². The van der Waals surface area contributed by atoms with Crippen LogP contribution in [0.15, 0.2) is 95.1 Å². The molecule has 1 heterocycles. The van der Waals surface area contributed by atoms with Crippen molar-refractivity contribution in [2.24, 2.45) is 0 Å². The number of hydrogen-bond donors (Lipinski definition) is 2. The van der Waals surface area contributed by atoms with E-state index in [2.05, 4.69) is 20.6 Å². The van der Waals surface area contributed by atoms with Crippen molar-refractivity contribution < 1.29 is 14.3 Å². The molecular weight excluding hydrogens is 448 g/mol. The number of nitrogens with zero attached hydrogens (tertiary/aromatic N) is 2. The first-order valence-electron chi connectivity index (χ1n) is 10.5. The molecule has 0 bridgehead atoms.